The average molecular weight is 152 g/mol. The molecule has 0 aliphatic rings. The van der Waals surface area contributed by atoms with Crippen LogP contribution < -0.4 is 0 Å². The third-order valence-electron chi connectivity index (χ3n) is 1.64. The summed E-state index contributed by atoms with van der Waals surface area (Å²) in [6, 6.07) is 10.4. The molecule has 0 bridgehead atoms. The molecule has 0 amide bonds. The van der Waals surface area contributed by atoms with Gasteiger partial charge in [-0.1, -0.05) is 37.3 Å². The number of hydrogen-bond acceptors (Lipinski definition) is 1. The first-order chi connectivity index (χ1) is 4.84. The van der Waals surface area contributed by atoms with Gasteiger partial charge in [0.05, 0.1) is 0 Å². The van der Waals surface area contributed by atoms with Gasteiger partial charge in [0.2, 0.25) is 0 Å². The Bertz CT molecular complexity index is 181. The summed E-state index contributed by atoms with van der Waals surface area (Å²) in [4.78, 5) is 0. The van der Waals surface area contributed by atoms with Crippen molar-refractivity contribution in [3.8, 4) is 0 Å². The Morgan fingerprint density at radius 2 is 1.90 bits per heavy atom. The van der Waals surface area contributed by atoms with E-state index in [1.54, 1.807) is 0 Å². The molecule has 0 heterocycles. The highest BCUT2D eigenvalue weighted by molar-refractivity contribution is 7.80. The van der Waals surface area contributed by atoms with Crippen LogP contribution in [-0.2, 0) is 0 Å². The van der Waals surface area contributed by atoms with Crippen molar-refractivity contribution >= 4 is 12.6 Å². The van der Waals surface area contributed by atoms with Crippen LogP contribution in [-0.4, -0.2) is 5.75 Å². The molecule has 0 N–H and O–H groups in total. The van der Waals surface area contributed by atoms with Crippen LogP contribution in [0, 0.1) is 0 Å². The van der Waals surface area contributed by atoms with E-state index in [0.29, 0.717) is 5.92 Å². The highest BCUT2D eigenvalue weighted by atomic mass is 32.1. The van der Waals surface area contributed by atoms with Gasteiger partial charge in [-0.25, -0.2) is 0 Å². The normalized spacial score (nSPS) is 13.0. The summed E-state index contributed by atoms with van der Waals surface area (Å²) in [5, 5.41) is 0. The van der Waals surface area contributed by atoms with Gasteiger partial charge in [0.1, 0.15) is 0 Å². The summed E-state index contributed by atoms with van der Waals surface area (Å²) in [5.74, 6) is 1.49. The van der Waals surface area contributed by atoms with Crippen molar-refractivity contribution in [3.05, 3.63) is 35.9 Å². The summed E-state index contributed by atoms with van der Waals surface area (Å²) in [6.45, 7) is 2.18. The van der Waals surface area contributed by atoms with Crippen molar-refractivity contribution in [3.63, 3.8) is 0 Å². The summed E-state index contributed by atoms with van der Waals surface area (Å²) in [6.07, 6.45) is 0. The van der Waals surface area contributed by atoms with Crippen molar-refractivity contribution in [1.29, 1.82) is 0 Å². The molecule has 0 aromatic heterocycles. The molecule has 0 aliphatic heterocycles. The van der Waals surface area contributed by atoms with E-state index in [1.807, 2.05) is 6.07 Å². The fourth-order valence-electron chi connectivity index (χ4n) is 0.887. The third-order valence-corrected chi connectivity index (χ3v) is 2.19. The molecule has 0 unspecified atom stereocenters. The lowest BCUT2D eigenvalue weighted by Gasteiger charge is -2.06. The third kappa shape index (κ3) is 1.77. The Labute approximate surface area is 67.7 Å². The van der Waals surface area contributed by atoms with Crippen LogP contribution in [0.25, 0.3) is 0 Å². The summed E-state index contributed by atoms with van der Waals surface area (Å²) in [7, 11) is 0. The zero-order valence-corrected chi connectivity index (χ0v) is 7.01. The van der Waals surface area contributed by atoms with Crippen molar-refractivity contribution < 1.29 is 0 Å². The minimum Gasteiger partial charge on any atom is -0.179 e. The molecule has 1 aromatic carbocycles. The lowest BCUT2D eigenvalue weighted by Crippen LogP contribution is -1.92. The predicted molar refractivity (Wildman–Crippen MR) is 48.7 cm³/mol. The molecule has 54 valence electrons. The molecule has 0 saturated carbocycles. The smallest absolute Gasteiger partial charge is 0.00315 e. The zero-order chi connectivity index (χ0) is 7.40. The van der Waals surface area contributed by atoms with E-state index in [0.717, 1.165) is 5.75 Å². The Balaban J connectivity index is 2.75. The Morgan fingerprint density at radius 3 is 2.40 bits per heavy atom. The average Bonchev–Trinajstić information content (AvgIpc) is 2.05. The highest BCUT2D eigenvalue weighted by Gasteiger charge is 1.99. The second-order valence-electron chi connectivity index (χ2n) is 2.49. The van der Waals surface area contributed by atoms with Gasteiger partial charge in [0, 0.05) is 0 Å². The molecule has 1 aromatic rings. The molecule has 0 nitrogen and oxygen atoms in total. The quantitative estimate of drug-likeness (QED) is 0.619. The molecule has 0 aliphatic carbocycles. The van der Waals surface area contributed by atoms with Crippen LogP contribution in [0.15, 0.2) is 30.3 Å². The minimum atomic E-state index is 0.574. The van der Waals surface area contributed by atoms with Gasteiger partial charge in [0.25, 0.3) is 0 Å². The molecule has 0 spiro atoms. The molecule has 1 rings (SSSR count). The fourth-order valence-corrected chi connectivity index (χ4v) is 1.10. The van der Waals surface area contributed by atoms with Gasteiger partial charge in [-0.3, -0.25) is 0 Å². The predicted octanol–water partition coefficient (Wildman–Crippen LogP) is 2.72. The first-order valence-electron chi connectivity index (χ1n) is 3.50. The monoisotopic (exact) mass is 152 g/mol. The number of benzene rings is 1. The lowest BCUT2D eigenvalue weighted by molar-refractivity contribution is 0.884. The molecule has 10 heavy (non-hydrogen) atoms. The second-order valence-corrected chi connectivity index (χ2v) is 2.86. The van der Waals surface area contributed by atoms with Crippen LogP contribution in [0.4, 0.5) is 0 Å². The SMILES string of the molecule is C[C@@H](CS)c1ccccc1. The molecular formula is C9H12S. The number of rotatable bonds is 2. The zero-order valence-electron chi connectivity index (χ0n) is 6.12. The van der Waals surface area contributed by atoms with E-state index < -0.39 is 0 Å². The lowest BCUT2D eigenvalue weighted by atomic mass is 10.0. The summed E-state index contributed by atoms with van der Waals surface area (Å²) in [5.41, 5.74) is 1.37. The maximum Gasteiger partial charge on any atom is -0.00315 e. The summed E-state index contributed by atoms with van der Waals surface area (Å²) < 4.78 is 0. The number of thiol groups is 1. The van der Waals surface area contributed by atoms with Crippen LogP contribution in [0.3, 0.4) is 0 Å². The van der Waals surface area contributed by atoms with E-state index in [9.17, 15) is 0 Å². The van der Waals surface area contributed by atoms with Crippen LogP contribution in [0.1, 0.15) is 18.4 Å². The van der Waals surface area contributed by atoms with Crippen LogP contribution in [0.2, 0.25) is 0 Å². The maximum absolute atomic E-state index is 4.23. The first kappa shape index (κ1) is 7.67. The Morgan fingerprint density at radius 1 is 1.30 bits per heavy atom. The van der Waals surface area contributed by atoms with Gasteiger partial charge in [-0.05, 0) is 17.2 Å². The minimum absolute atomic E-state index is 0.574. The Kier molecular flexibility index (Phi) is 2.82. The van der Waals surface area contributed by atoms with Crippen molar-refractivity contribution in [2.75, 3.05) is 5.75 Å². The van der Waals surface area contributed by atoms with E-state index in [4.69, 9.17) is 0 Å². The van der Waals surface area contributed by atoms with Crippen LogP contribution in [0.5, 0.6) is 0 Å². The maximum atomic E-state index is 4.23. The first-order valence-corrected chi connectivity index (χ1v) is 4.13. The largest absolute Gasteiger partial charge is 0.179 e. The van der Waals surface area contributed by atoms with Crippen molar-refractivity contribution in [1.82, 2.24) is 0 Å². The molecule has 0 radical (unpaired) electrons. The van der Waals surface area contributed by atoms with Gasteiger partial charge in [-0.15, -0.1) is 0 Å². The summed E-state index contributed by atoms with van der Waals surface area (Å²) >= 11 is 4.23. The standard InChI is InChI=1S/C9H12S/c1-8(7-10)9-5-3-2-4-6-9/h2-6,8,10H,7H2,1H3/t8-/m0/s1. The van der Waals surface area contributed by atoms with E-state index in [-0.39, 0.29) is 0 Å². The van der Waals surface area contributed by atoms with E-state index >= 15 is 0 Å². The van der Waals surface area contributed by atoms with Crippen LogP contribution >= 0.6 is 12.6 Å². The van der Waals surface area contributed by atoms with Gasteiger partial charge in [-0.2, -0.15) is 12.6 Å². The molecular weight excluding hydrogens is 140 g/mol. The highest BCUT2D eigenvalue weighted by Crippen LogP contribution is 2.14. The van der Waals surface area contributed by atoms with Crippen molar-refractivity contribution in [2.24, 2.45) is 0 Å². The van der Waals surface area contributed by atoms with Gasteiger partial charge >= 0.3 is 0 Å². The topological polar surface area (TPSA) is 0 Å². The molecule has 1 atom stereocenters. The Hall–Kier alpha value is -0.430. The molecule has 0 fully saturated rings. The second kappa shape index (κ2) is 3.67. The van der Waals surface area contributed by atoms with Crippen molar-refractivity contribution in [2.45, 2.75) is 12.8 Å². The van der Waals surface area contributed by atoms with E-state index in [2.05, 4.69) is 43.8 Å². The van der Waals surface area contributed by atoms with Gasteiger partial charge in [0.15, 0.2) is 0 Å². The number of hydrogen-bond donors (Lipinski definition) is 1. The fraction of sp³-hybridized carbons (Fsp3) is 0.333. The van der Waals surface area contributed by atoms with E-state index in [1.165, 1.54) is 5.56 Å². The van der Waals surface area contributed by atoms with Gasteiger partial charge < -0.3 is 0 Å². The molecule has 0 saturated heterocycles. The molecule has 1 heteroatoms.